The van der Waals surface area contributed by atoms with Crippen molar-refractivity contribution in [3.63, 3.8) is 0 Å². The Kier molecular flexibility index (Phi) is 8.30. The van der Waals surface area contributed by atoms with Crippen LogP contribution in [0, 0.1) is 5.92 Å². The average Bonchev–Trinajstić information content (AvgIpc) is 3.20. The van der Waals surface area contributed by atoms with Crippen molar-refractivity contribution >= 4 is 40.9 Å². The number of rotatable bonds is 9. The molecular formula is C23H26ClN5O2S. The number of benzene rings is 2. The van der Waals surface area contributed by atoms with Crippen molar-refractivity contribution in [1.29, 1.82) is 0 Å². The Morgan fingerprint density at radius 3 is 2.38 bits per heavy atom. The van der Waals surface area contributed by atoms with Crippen molar-refractivity contribution in [2.24, 2.45) is 5.92 Å². The minimum atomic E-state index is -0.313. The summed E-state index contributed by atoms with van der Waals surface area (Å²) < 4.78 is 1.94. The topological polar surface area (TPSA) is 88.9 Å². The smallest absolute Gasteiger partial charge is 0.251 e. The molecule has 1 heterocycles. The Morgan fingerprint density at radius 2 is 1.75 bits per heavy atom. The first-order chi connectivity index (χ1) is 15.4. The predicted octanol–water partition coefficient (Wildman–Crippen LogP) is 4.81. The lowest BCUT2D eigenvalue weighted by atomic mass is 10.0. The molecule has 1 aromatic heterocycles. The SMILES string of the molecule is CCn1c(SCC(=O)Nc2ccc(Cl)cc2)nnc1[C@@H](NC(=O)c1ccccc1)C(C)C. The molecule has 0 unspecified atom stereocenters. The van der Waals surface area contributed by atoms with Crippen LogP contribution in [0.1, 0.15) is 43.0 Å². The van der Waals surface area contributed by atoms with E-state index in [9.17, 15) is 9.59 Å². The van der Waals surface area contributed by atoms with Gasteiger partial charge in [-0.1, -0.05) is 55.4 Å². The standard InChI is InChI=1S/C23H26ClN5O2S/c1-4-29-21(20(15(2)3)26-22(31)16-8-6-5-7-9-16)27-28-23(29)32-14-19(30)25-18-12-10-17(24)11-13-18/h5-13,15,20H,4,14H2,1-3H3,(H,25,30)(H,26,31)/t20-/m0/s1. The molecule has 0 aliphatic rings. The molecule has 7 nitrogen and oxygen atoms in total. The molecule has 0 aliphatic heterocycles. The number of aromatic nitrogens is 3. The molecule has 1 atom stereocenters. The first-order valence-electron chi connectivity index (χ1n) is 10.4. The van der Waals surface area contributed by atoms with Crippen LogP contribution in [0.4, 0.5) is 5.69 Å². The summed E-state index contributed by atoms with van der Waals surface area (Å²) in [7, 11) is 0. The zero-order chi connectivity index (χ0) is 23.1. The van der Waals surface area contributed by atoms with Crippen LogP contribution in [0.2, 0.25) is 5.02 Å². The fourth-order valence-electron chi connectivity index (χ4n) is 3.14. The fraction of sp³-hybridized carbons (Fsp3) is 0.304. The molecule has 2 aromatic carbocycles. The molecule has 32 heavy (non-hydrogen) atoms. The quantitative estimate of drug-likeness (QED) is 0.437. The molecule has 0 bridgehead atoms. The monoisotopic (exact) mass is 471 g/mol. The number of anilines is 1. The number of nitrogens with one attached hydrogen (secondary N) is 2. The van der Waals surface area contributed by atoms with Gasteiger partial charge >= 0.3 is 0 Å². The van der Waals surface area contributed by atoms with E-state index in [0.717, 1.165) is 0 Å². The molecule has 0 saturated heterocycles. The predicted molar refractivity (Wildman–Crippen MR) is 128 cm³/mol. The van der Waals surface area contributed by atoms with Crippen molar-refractivity contribution < 1.29 is 9.59 Å². The van der Waals surface area contributed by atoms with E-state index in [1.165, 1.54) is 11.8 Å². The van der Waals surface area contributed by atoms with Crippen LogP contribution in [0.15, 0.2) is 59.8 Å². The normalized spacial score (nSPS) is 11.9. The minimum Gasteiger partial charge on any atom is -0.342 e. The molecule has 3 aromatic rings. The van der Waals surface area contributed by atoms with Crippen LogP contribution in [0.5, 0.6) is 0 Å². The summed E-state index contributed by atoms with van der Waals surface area (Å²) in [5.74, 6) is 0.646. The van der Waals surface area contributed by atoms with E-state index in [1.54, 1.807) is 36.4 Å². The summed E-state index contributed by atoms with van der Waals surface area (Å²) in [5.41, 5.74) is 1.27. The first kappa shape index (κ1) is 23.8. The maximum atomic E-state index is 12.7. The summed E-state index contributed by atoms with van der Waals surface area (Å²) in [6, 6.07) is 15.7. The van der Waals surface area contributed by atoms with Crippen molar-refractivity contribution in [2.45, 2.75) is 38.5 Å². The van der Waals surface area contributed by atoms with Gasteiger partial charge in [0.2, 0.25) is 5.91 Å². The lowest BCUT2D eigenvalue weighted by Gasteiger charge is -2.22. The van der Waals surface area contributed by atoms with Crippen LogP contribution in [0.3, 0.4) is 0 Å². The number of carbonyl (C=O) groups excluding carboxylic acids is 2. The molecule has 168 valence electrons. The number of hydrogen-bond acceptors (Lipinski definition) is 5. The van der Waals surface area contributed by atoms with Gasteiger partial charge in [0.25, 0.3) is 5.91 Å². The Labute approximate surface area is 197 Å². The number of amides is 2. The van der Waals surface area contributed by atoms with E-state index < -0.39 is 0 Å². The highest BCUT2D eigenvalue weighted by molar-refractivity contribution is 7.99. The Morgan fingerprint density at radius 1 is 1.06 bits per heavy atom. The highest BCUT2D eigenvalue weighted by Crippen LogP contribution is 2.26. The highest BCUT2D eigenvalue weighted by atomic mass is 35.5. The van der Waals surface area contributed by atoms with Crippen molar-refractivity contribution in [3.8, 4) is 0 Å². The van der Waals surface area contributed by atoms with Crippen LogP contribution in [0.25, 0.3) is 0 Å². The summed E-state index contributed by atoms with van der Waals surface area (Å²) >= 11 is 7.18. The lowest BCUT2D eigenvalue weighted by Crippen LogP contribution is -2.33. The van der Waals surface area contributed by atoms with E-state index in [4.69, 9.17) is 11.6 Å². The lowest BCUT2D eigenvalue weighted by molar-refractivity contribution is -0.113. The third kappa shape index (κ3) is 6.11. The van der Waals surface area contributed by atoms with Gasteiger partial charge in [-0.05, 0) is 49.2 Å². The van der Waals surface area contributed by atoms with Gasteiger partial charge in [0.05, 0.1) is 11.8 Å². The second-order valence-electron chi connectivity index (χ2n) is 7.49. The zero-order valence-corrected chi connectivity index (χ0v) is 19.8. The number of halogens is 1. The molecule has 2 N–H and O–H groups in total. The van der Waals surface area contributed by atoms with Gasteiger partial charge in [0, 0.05) is 22.8 Å². The highest BCUT2D eigenvalue weighted by Gasteiger charge is 2.26. The molecule has 0 saturated carbocycles. The van der Waals surface area contributed by atoms with Gasteiger partial charge in [-0.15, -0.1) is 10.2 Å². The third-order valence-corrected chi connectivity index (χ3v) is 6.01. The van der Waals surface area contributed by atoms with E-state index in [-0.39, 0.29) is 29.5 Å². The molecule has 2 amide bonds. The van der Waals surface area contributed by atoms with Gasteiger partial charge in [-0.3, -0.25) is 9.59 Å². The number of hydrogen-bond donors (Lipinski definition) is 2. The molecule has 0 aliphatic carbocycles. The van der Waals surface area contributed by atoms with Crippen LogP contribution in [-0.2, 0) is 11.3 Å². The second kappa shape index (κ2) is 11.2. The first-order valence-corrected chi connectivity index (χ1v) is 11.7. The van der Waals surface area contributed by atoms with Gasteiger partial charge in [-0.2, -0.15) is 0 Å². The maximum Gasteiger partial charge on any atom is 0.251 e. The Balaban J connectivity index is 1.69. The van der Waals surface area contributed by atoms with Crippen LogP contribution < -0.4 is 10.6 Å². The largest absolute Gasteiger partial charge is 0.342 e. The minimum absolute atomic E-state index is 0.100. The third-order valence-electron chi connectivity index (χ3n) is 4.79. The van der Waals surface area contributed by atoms with Crippen molar-refractivity contribution in [3.05, 3.63) is 71.0 Å². The average molecular weight is 472 g/mol. The number of thioether (sulfide) groups is 1. The molecular weight excluding hydrogens is 446 g/mol. The Bertz CT molecular complexity index is 1050. The second-order valence-corrected chi connectivity index (χ2v) is 8.87. The maximum absolute atomic E-state index is 12.7. The molecule has 9 heteroatoms. The molecule has 3 rings (SSSR count). The Hall–Kier alpha value is -2.84. The molecule has 0 fully saturated rings. The summed E-state index contributed by atoms with van der Waals surface area (Å²) in [6.45, 7) is 6.66. The fourth-order valence-corrected chi connectivity index (χ4v) is 4.07. The van der Waals surface area contributed by atoms with E-state index in [2.05, 4.69) is 20.8 Å². The van der Waals surface area contributed by atoms with E-state index in [0.29, 0.717) is 33.8 Å². The van der Waals surface area contributed by atoms with Gasteiger partial charge in [0.15, 0.2) is 11.0 Å². The molecule has 0 radical (unpaired) electrons. The van der Waals surface area contributed by atoms with Crippen molar-refractivity contribution in [2.75, 3.05) is 11.1 Å². The van der Waals surface area contributed by atoms with E-state index >= 15 is 0 Å². The number of carbonyl (C=O) groups is 2. The molecule has 0 spiro atoms. The number of nitrogens with zero attached hydrogens (tertiary/aromatic N) is 3. The summed E-state index contributed by atoms with van der Waals surface area (Å²) in [5, 5.41) is 15.8. The van der Waals surface area contributed by atoms with Crippen molar-refractivity contribution in [1.82, 2.24) is 20.1 Å². The summed E-state index contributed by atoms with van der Waals surface area (Å²) in [4.78, 5) is 25.1. The zero-order valence-electron chi connectivity index (χ0n) is 18.2. The van der Waals surface area contributed by atoms with Crippen LogP contribution >= 0.6 is 23.4 Å². The van der Waals surface area contributed by atoms with Gasteiger partial charge in [-0.25, -0.2) is 0 Å². The van der Waals surface area contributed by atoms with Gasteiger partial charge in [0.1, 0.15) is 0 Å². The van der Waals surface area contributed by atoms with Crippen LogP contribution in [-0.4, -0.2) is 32.3 Å². The summed E-state index contributed by atoms with van der Waals surface area (Å²) in [6.07, 6.45) is 0. The van der Waals surface area contributed by atoms with E-state index in [1.807, 2.05) is 43.5 Å². The van der Waals surface area contributed by atoms with Gasteiger partial charge < -0.3 is 15.2 Å².